The molecule has 0 spiro atoms. The van der Waals surface area contributed by atoms with Crippen LogP contribution in [0.15, 0.2) is 11.6 Å². The van der Waals surface area contributed by atoms with Crippen molar-refractivity contribution in [3.05, 3.63) is 11.6 Å². The highest BCUT2D eigenvalue weighted by atomic mass is 16.6. The molecule has 0 aromatic heterocycles. The van der Waals surface area contributed by atoms with Gasteiger partial charge in [-0.1, -0.05) is 12.5 Å². The Kier molecular flexibility index (Phi) is 3.89. The van der Waals surface area contributed by atoms with Crippen molar-refractivity contribution in [3.8, 4) is 0 Å². The van der Waals surface area contributed by atoms with Crippen LogP contribution in [-0.4, -0.2) is 17.4 Å². The molecule has 1 aliphatic rings. The summed E-state index contributed by atoms with van der Waals surface area (Å²) in [7, 11) is 0. The monoisotopic (exact) mass is 224 g/mol. The highest BCUT2D eigenvalue weighted by molar-refractivity contribution is 5.86. The Bertz CT molecular complexity index is 321. The average Bonchev–Trinajstić information content (AvgIpc) is 2.08. The second-order valence-corrected chi connectivity index (χ2v) is 5.41. The van der Waals surface area contributed by atoms with Gasteiger partial charge in [0.15, 0.2) is 0 Å². The predicted octanol–water partition coefficient (Wildman–Crippen LogP) is 2.64. The Labute approximate surface area is 96.9 Å². The standard InChI is InChI=1S/C13H20O3/c1-9-7-10(5-6-11(9)14)8-12(15)16-13(2,3)4/h8-9H,5-7H2,1-4H3/b10-8+. The molecule has 16 heavy (non-hydrogen) atoms. The van der Waals surface area contributed by atoms with Gasteiger partial charge < -0.3 is 4.74 Å². The minimum atomic E-state index is -0.454. The molecule has 1 fully saturated rings. The average molecular weight is 224 g/mol. The maximum absolute atomic E-state index is 11.5. The second kappa shape index (κ2) is 4.81. The molecule has 1 atom stereocenters. The van der Waals surface area contributed by atoms with E-state index in [1.807, 2.05) is 27.7 Å². The molecule has 0 bridgehead atoms. The number of ketones is 1. The molecule has 0 aromatic rings. The quantitative estimate of drug-likeness (QED) is 0.508. The van der Waals surface area contributed by atoms with Gasteiger partial charge in [0.2, 0.25) is 0 Å². The Morgan fingerprint density at radius 1 is 1.38 bits per heavy atom. The van der Waals surface area contributed by atoms with E-state index in [2.05, 4.69) is 0 Å². The largest absolute Gasteiger partial charge is 0.457 e. The number of allylic oxidation sites excluding steroid dienone is 1. The van der Waals surface area contributed by atoms with Gasteiger partial charge in [0.1, 0.15) is 11.4 Å². The van der Waals surface area contributed by atoms with E-state index in [4.69, 9.17) is 4.74 Å². The molecule has 0 saturated heterocycles. The normalized spacial score (nSPS) is 24.6. The Balaban J connectivity index is 2.58. The van der Waals surface area contributed by atoms with E-state index in [0.717, 1.165) is 5.57 Å². The lowest BCUT2D eigenvalue weighted by atomic mass is 9.85. The number of carbonyl (C=O) groups is 2. The molecule has 90 valence electrons. The Morgan fingerprint density at radius 3 is 2.50 bits per heavy atom. The topological polar surface area (TPSA) is 43.4 Å². The van der Waals surface area contributed by atoms with Gasteiger partial charge in [-0.25, -0.2) is 4.79 Å². The summed E-state index contributed by atoms with van der Waals surface area (Å²) in [4.78, 5) is 22.8. The molecule has 3 nitrogen and oxygen atoms in total. The van der Waals surface area contributed by atoms with Gasteiger partial charge in [-0.2, -0.15) is 0 Å². The lowest BCUT2D eigenvalue weighted by molar-refractivity contribution is -0.148. The molecule has 0 amide bonds. The number of Topliss-reactive ketones (excluding diaryl/α,β-unsaturated/α-hetero) is 1. The molecule has 1 saturated carbocycles. The number of carbonyl (C=O) groups excluding carboxylic acids is 2. The van der Waals surface area contributed by atoms with Crippen LogP contribution in [0.5, 0.6) is 0 Å². The van der Waals surface area contributed by atoms with Gasteiger partial charge in [0, 0.05) is 18.4 Å². The summed E-state index contributed by atoms with van der Waals surface area (Å²) in [6, 6.07) is 0. The van der Waals surface area contributed by atoms with E-state index in [9.17, 15) is 9.59 Å². The first-order chi connectivity index (χ1) is 7.28. The first kappa shape index (κ1) is 12.9. The molecular formula is C13H20O3. The summed E-state index contributed by atoms with van der Waals surface area (Å²) < 4.78 is 5.20. The first-order valence-corrected chi connectivity index (χ1v) is 5.73. The highest BCUT2D eigenvalue weighted by Crippen LogP contribution is 2.25. The van der Waals surface area contributed by atoms with E-state index in [1.54, 1.807) is 6.08 Å². The lowest BCUT2D eigenvalue weighted by Gasteiger charge is -2.21. The molecule has 0 radical (unpaired) electrons. The summed E-state index contributed by atoms with van der Waals surface area (Å²) in [6.45, 7) is 7.44. The molecule has 0 aliphatic heterocycles. The zero-order valence-electron chi connectivity index (χ0n) is 10.5. The molecule has 1 unspecified atom stereocenters. The second-order valence-electron chi connectivity index (χ2n) is 5.41. The van der Waals surface area contributed by atoms with Crippen LogP contribution >= 0.6 is 0 Å². The van der Waals surface area contributed by atoms with E-state index in [0.29, 0.717) is 25.0 Å². The fraction of sp³-hybridized carbons (Fsp3) is 0.692. The van der Waals surface area contributed by atoms with Crippen LogP contribution in [0.25, 0.3) is 0 Å². The van der Waals surface area contributed by atoms with Crippen molar-refractivity contribution in [3.63, 3.8) is 0 Å². The van der Waals surface area contributed by atoms with Crippen molar-refractivity contribution in [2.24, 2.45) is 5.92 Å². The summed E-state index contributed by atoms with van der Waals surface area (Å²) in [5.41, 5.74) is 0.575. The van der Waals surface area contributed by atoms with Crippen molar-refractivity contribution >= 4 is 11.8 Å². The maximum atomic E-state index is 11.5. The minimum absolute atomic E-state index is 0.0439. The van der Waals surface area contributed by atoms with Gasteiger partial charge in [0.05, 0.1) is 0 Å². The van der Waals surface area contributed by atoms with Crippen molar-refractivity contribution in [2.75, 3.05) is 0 Å². The van der Waals surface area contributed by atoms with Gasteiger partial charge in [0.25, 0.3) is 0 Å². The third-order valence-electron chi connectivity index (χ3n) is 2.54. The fourth-order valence-corrected chi connectivity index (χ4v) is 1.77. The summed E-state index contributed by atoms with van der Waals surface area (Å²) in [5.74, 6) is 0.0350. The predicted molar refractivity (Wildman–Crippen MR) is 62.0 cm³/mol. The Morgan fingerprint density at radius 2 is 2.00 bits per heavy atom. The number of esters is 1. The van der Waals surface area contributed by atoms with Crippen molar-refractivity contribution in [1.29, 1.82) is 0 Å². The van der Waals surface area contributed by atoms with Crippen LogP contribution in [0.1, 0.15) is 47.0 Å². The van der Waals surface area contributed by atoms with Crippen LogP contribution in [0.3, 0.4) is 0 Å². The molecule has 0 heterocycles. The SMILES string of the molecule is CC1C/C(=C/C(=O)OC(C)(C)C)CCC1=O. The van der Waals surface area contributed by atoms with Crippen LogP contribution in [0.2, 0.25) is 0 Å². The smallest absolute Gasteiger partial charge is 0.331 e. The summed E-state index contributed by atoms with van der Waals surface area (Å²) in [6.07, 6.45) is 3.49. The number of hydrogen-bond donors (Lipinski definition) is 0. The number of hydrogen-bond acceptors (Lipinski definition) is 3. The first-order valence-electron chi connectivity index (χ1n) is 5.73. The number of ether oxygens (including phenoxy) is 1. The molecule has 0 aromatic carbocycles. The Hall–Kier alpha value is -1.12. The summed E-state index contributed by atoms with van der Waals surface area (Å²) >= 11 is 0. The van der Waals surface area contributed by atoms with Crippen molar-refractivity contribution in [1.82, 2.24) is 0 Å². The van der Waals surface area contributed by atoms with Gasteiger partial charge in [-0.3, -0.25) is 4.79 Å². The van der Waals surface area contributed by atoms with Gasteiger partial charge in [-0.05, 0) is 33.6 Å². The van der Waals surface area contributed by atoms with Gasteiger partial charge >= 0.3 is 5.97 Å². The van der Waals surface area contributed by atoms with E-state index >= 15 is 0 Å². The fourth-order valence-electron chi connectivity index (χ4n) is 1.77. The van der Waals surface area contributed by atoms with Crippen LogP contribution in [0, 0.1) is 5.92 Å². The van der Waals surface area contributed by atoms with Crippen LogP contribution in [0.4, 0.5) is 0 Å². The zero-order chi connectivity index (χ0) is 12.3. The van der Waals surface area contributed by atoms with Crippen LogP contribution in [-0.2, 0) is 14.3 Å². The number of rotatable bonds is 1. The third kappa shape index (κ3) is 4.17. The van der Waals surface area contributed by atoms with E-state index in [1.165, 1.54) is 0 Å². The molecule has 0 N–H and O–H groups in total. The zero-order valence-corrected chi connectivity index (χ0v) is 10.5. The highest BCUT2D eigenvalue weighted by Gasteiger charge is 2.22. The molecule has 1 rings (SSSR count). The van der Waals surface area contributed by atoms with Crippen molar-refractivity contribution in [2.45, 2.75) is 52.6 Å². The maximum Gasteiger partial charge on any atom is 0.331 e. The van der Waals surface area contributed by atoms with Crippen LogP contribution < -0.4 is 0 Å². The van der Waals surface area contributed by atoms with Gasteiger partial charge in [-0.15, -0.1) is 0 Å². The molecule has 1 aliphatic carbocycles. The molecular weight excluding hydrogens is 204 g/mol. The minimum Gasteiger partial charge on any atom is -0.457 e. The molecule has 3 heteroatoms. The van der Waals surface area contributed by atoms with Crippen molar-refractivity contribution < 1.29 is 14.3 Å². The third-order valence-corrected chi connectivity index (χ3v) is 2.54. The van der Waals surface area contributed by atoms with E-state index < -0.39 is 5.60 Å². The summed E-state index contributed by atoms with van der Waals surface area (Å²) in [5, 5.41) is 0. The lowest BCUT2D eigenvalue weighted by Crippen LogP contribution is -2.23. The van der Waals surface area contributed by atoms with E-state index in [-0.39, 0.29) is 11.9 Å².